The number of nitrogens with zero attached hydrogens (tertiary/aromatic N) is 3. The number of nitrogens with one attached hydrogen (secondary N) is 2. The third kappa shape index (κ3) is 4.15. The standard InChI is InChI=1S/C22H21N5O/c1-3-15-9-7-10-16(4-2)20(15)27-21(28)18-13-24-22(25-14-18)26-19-11-6-5-8-17(19)12-23/h5-11,13-14H,3-4H2,1-2H3,(H,27,28)(H,24,25,26). The zero-order valence-corrected chi connectivity index (χ0v) is 15.9. The number of amides is 1. The van der Waals surface area contributed by atoms with E-state index in [9.17, 15) is 4.79 Å². The first-order valence-electron chi connectivity index (χ1n) is 9.16. The van der Waals surface area contributed by atoms with Gasteiger partial charge in [-0.15, -0.1) is 0 Å². The van der Waals surface area contributed by atoms with Crippen LogP contribution in [0, 0.1) is 11.3 Å². The number of carbonyl (C=O) groups is 1. The van der Waals surface area contributed by atoms with Crippen molar-refractivity contribution in [3.8, 4) is 6.07 Å². The summed E-state index contributed by atoms with van der Waals surface area (Å²) >= 11 is 0. The molecule has 3 aromatic rings. The first-order chi connectivity index (χ1) is 13.7. The molecule has 0 saturated carbocycles. The summed E-state index contributed by atoms with van der Waals surface area (Å²) in [7, 11) is 0. The van der Waals surface area contributed by atoms with Gasteiger partial charge in [-0.3, -0.25) is 4.79 Å². The lowest BCUT2D eigenvalue weighted by Gasteiger charge is -2.14. The van der Waals surface area contributed by atoms with E-state index in [0.717, 1.165) is 29.7 Å². The van der Waals surface area contributed by atoms with Crippen molar-refractivity contribution in [2.75, 3.05) is 10.6 Å². The van der Waals surface area contributed by atoms with Crippen LogP contribution >= 0.6 is 0 Å². The normalized spacial score (nSPS) is 10.2. The van der Waals surface area contributed by atoms with Gasteiger partial charge in [-0.25, -0.2) is 9.97 Å². The van der Waals surface area contributed by atoms with Gasteiger partial charge in [-0.05, 0) is 36.1 Å². The number of benzene rings is 2. The Morgan fingerprint density at radius 1 is 1.00 bits per heavy atom. The fraction of sp³-hybridized carbons (Fsp3) is 0.182. The first-order valence-corrected chi connectivity index (χ1v) is 9.16. The predicted octanol–water partition coefficient (Wildman–Crippen LogP) is 4.47. The number of nitriles is 1. The maximum absolute atomic E-state index is 12.7. The highest BCUT2D eigenvalue weighted by Gasteiger charge is 2.13. The molecule has 0 aliphatic heterocycles. The molecule has 6 nitrogen and oxygen atoms in total. The molecule has 0 unspecified atom stereocenters. The molecule has 0 saturated heterocycles. The molecular weight excluding hydrogens is 350 g/mol. The van der Waals surface area contributed by atoms with Gasteiger partial charge in [-0.2, -0.15) is 5.26 Å². The number of aryl methyl sites for hydroxylation is 2. The van der Waals surface area contributed by atoms with Gasteiger partial charge in [0, 0.05) is 18.1 Å². The molecular formula is C22H21N5O. The Labute approximate surface area is 164 Å². The van der Waals surface area contributed by atoms with E-state index >= 15 is 0 Å². The van der Waals surface area contributed by atoms with Crippen molar-refractivity contribution in [2.45, 2.75) is 26.7 Å². The first kappa shape index (κ1) is 19.1. The summed E-state index contributed by atoms with van der Waals surface area (Å²) in [5, 5.41) is 15.2. The van der Waals surface area contributed by atoms with Crippen LogP contribution in [0.4, 0.5) is 17.3 Å². The second-order valence-corrected chi connectivity index (χ2v) is 6.19. The lowest BCUT2D eigenvalue weighted by Crippen LogP contribution is -2.15. The van der Waals surface area contributed by atoms with E-state index in [1.165, 1.54) is 12.4 Å². The summed E-state index contributed by atoms with van der Waals surface area (Å²) in [5.41, 5.74) is 4.54. The van der Waals surface area contributed by atoms with E-state index in [4.69, 9.17) is 5.26 Å². The van der Waals surface area contributed by atoms with Crippen LogP contribution in [0.5, 0.6) is 0 Å². The minimum atomic E-state index is -0.250. The molecule has 0 radical (unpaired) electrons. The van der Waals surface area contributed by atoms with E-state index in [2.05, 4.69) is 40.5 Å². The molecule has 2 aromatic carbocycles. The van der Waals surface area contributed by atoms with Gasteiger partial charge in [0.15, 0.2) is 0 Å². The SMILES string of the molecule is CCc1cccc(CC)c1NC(=O)c1cnc(Nc2ccccc2C#N)nc1. The highest BCUT2D eigenvalue weighted by Crippen LogP contribution is 2.23. The Kier molecular flexibility index (Phi) is 5.97. The number of hydrogen-bond donors (Lipinski definition) is 2. The maximum Gasteiger partial charge on any atom is 0.258 e. The molecule has 0 fully saturated rings. The van der Waals surface area contributed by atoms with Crippen molar-refractivity contribution < 1.29 is 4.79 Å². The molecule has 0 aliphatic carbocycles. The van der Waals surface area contributed by atoms with Crippen LogP contribution in [-0.4, -0.2) is 15.9 Å². The topological polar surface area (TPSA) is 90.7 Å². The summed E-state index contributed by atoms with van der Waals surface area (Å²) in [6.07, 6.45) is 4.61. The van der Waals surface area contributed by atoms with Gasteiger partial charge in [0.05, 0.1) is 16.8 Å². The summed E-state index contributed by atoms with van der Waals surface area (Å²) in [5.74, 6) is 0.0713. The predicted molar refractivity (Wildman–Crippen MR) is 110 cm³/mol. The van der Waals surface area contributed by atoms with Crippen LogP contribution in [0.15, 0.2) is 54.9 Å². The van der Waals surface area contributed by atoms with Crippen LogP contribution in [0.25, 0.3) is 0 Å². The van der Waals surface area contributed by atoms with E-state index in [1.807, 2.05) is 24.3 Å². The fourth-order valence-corrected chi connectivity index (χ4v) is 2.91. The largest absolute Gasteiger partial charge is 0.323 e. The van der Waals surface area contributed by atoms with Crippen molar-refractivity contribution in [1.82, 2.24) is 9.97 Å². The molecule has 2 N–H and O–H groups in total. The van der Waals surface area contributed by atoms with Crippen molar-refractivity contribution in [3.63, 3.8) is 0 Å². The molecule has 6 heteroatoms. The average Bonchev–Trinajstić information content (AvgIpc) is 2.74. The minimum Gasteiger partial charge on any atom is -0.323 e. The molecule has 0 atom stereocenters. The zero-order valence-electron chi connectivity index (χ0n) is 15.9. The number of para-hydroxylation sites is 2. The highest BCUT2D eigenvalue weighted by molar-refractivity contribution is 6.04. The Hall–Kier alpha value is -3.72. The minimum absolute atomic E-state index is 0.250. The molecule has 0 aliphatic rings. The van der Waals surface area contributed by atoms with Crippen molar-refractivity contribution in [2.24, 2.45) is 0 Å². The molecule has 1 aromatic heterocycles. The quantitative estimate of drug-likeness (QED) is 0.667. The van der Waals surface area contributed by atoms with Crippen molar-refractivity contribution >= 4 is 23.2 Å². The van der Waals surface area contributed by atoms with Crippen LogP contribution in [0.1, 0.15) is 40.9 Å². The van der Waals surface area contributed by atoms with Crippen LogP contribution < -0.4 is 10.6 Å². The van der Waals surface area contributed by atoms with E-state index in [0.29, 0.717) is 22.8 Å². The van der Waals surface area contributed by atoms with E-state index < -0.39 is 0 Å². The van der Waals surface area contributed by atoms with Gasteiger partial charge >= 0.3 is 0 Å². The number of rotatable bonds is 6. The number of aromatic nitrogens is 2. The molecule has 3 rings (SSSR count). The Bertz CT molecular complexity index is 1000. The van der Waals surface area contributed by atoms with Gasteiger partial charge in [0.1, 0.15) is 6.07 Å². The summed E-state index contributed by atoms with van der Waals surface area (Å²) < 4.78 is 0. The lowest BCUT2D eigenvalue weighted by atomic mass is 10.0. The Balaban J connectivity index is 1.77. The van der Waals surface area contributed by atoms with Crippen LogP contribution in [-0.2, 0) is 12.8 Å². The van der Waals surface area contributed by atoms with Gasteiger partial charge in [-0.1, -0.05) is 44.2 Å². The highest BCUT2D eigenvalue weighted by atomic mass is 16.1. The summed E-state index contributed by atoms with van der Waals surface area (Å²) in [4.78, 5) is 21.1. The molecule has 1 amide bonds. The fourth-order valence-electron chi connectivity index (χ4n) is 2.91. The monoisotopic (exact) mass is 371 g/mol. The Morgan fingerprint density at radius 3 is 2.25 bits per heavy atom. The third-order valence-corrected chi connectivity index (χ3v) is 4.45. The van der Waals surface area contributed by atoms with Crippen LogP contribution in [0.2, 0.25) is 0 Å². The molecule has 0 spiro atoms. The summed E-state index contributed by atoms with van der Waals surface area (Å²) in [6.45, 7) is 4.13. The molecule has 28 heavy (non-hydrogen) atoms. The van der Waals surface area contributed by atoms with E-state index in [-0.39, 0.29) is 5.91 Å². The van der Waals surface area contributed by atoms with Gasteiger partial charge in [0.25, 0.3) is 5.91 Å². The number of anilines is 3. The second-order valence-electron chi connectivity index (χ2n) is 6.19. The maximum atomic E-state index is 12.7. The zero-order chi connectivity index (χ0) is 19.9. The van der Waals surface area contributed by atoms with Crippen molar-refractivity contribution in [3.05, 3.63) is 77.1 Å². The molecule has 0 bridgehead atoms. The molecule has 1 heterocycles. The lowest BCUT2D eigenvalue weighted by molar-refractivity contribution is 0.102. The average molecular weight is 371 g/mol. The second kappa shape index (κ2) is 8.78. The number of carbonyl (C=O) groups excluding carboxylic acids is 1. The van der Waals surface area contributed by atoms with Crippen LogP contribution in [0.3, 0.4) is 0 Å². The summed E-state index contributed by atoms with van der Waals surface area (Å²) in [6, 6.07) is 15.3. The van der Waals surface area contributed by atoms with Gasteiger partial charge < -0.3 is 10.6 Å². The smallest absolute Gasteiger partial charge is 0.258 e. The van der Waals surface area contributed by atoms with Gasteiger partial charge in [0.2, 0.25) is 5.95 Å². The number of hydrogen-bond acceptors (Lipinski definition) is 5. The van der Waals surface area contributed by atoms with E-state index in [1.54, 1.807) is 18.2 Å². The Morgan fingerprint density at radius 2 is 1.64 bits per heavy atom. The third-order valence-electron chi connectivity index (χ3n) is 4.45. The van der Waals surface area contributed by atoms with Crippen molar-refractivity contribution in [1.29, 1.82) is 5.26 Å². The molecule has 140 valence electrons.